The molecule has 0 radical (unpaired) electrons. The molecule has 0 aliphatic carbocycles. The van der Waals surface area contributed by atoms with E-state index >= 15 is 0 Å². The lowest BCUT2D eigenvalue weighted by molar-refractivity contribution is 0.196. The molecule has 2 heterocycles. The van der Waals surface area contributed by atoms with Crippen molar-refractivity contribution >= 4 is 0 Å². The molecule has 5 rings (SSSR count). The van der Waals surface area contributed by atoms with E-state index in [0.717, 1.165) is 42.9 Å². The molecule has 0 unspecified atom stereocenters. The van der Waals surface area contributed by atoms with E-state index in [1.807, 2.05) is 0 Å². The second-order valence-electron chi connectivity index (χ2n) is 7.86. The molecular weight excluding hydrogens is 444 g/mol. The molecule has 0 fully saturated rings. The van der Waals surface area contributed by atoms with Gasteiger partial charge >= 0.3 is 11.8 Å². The van der Waals surface area contributed by atoms with Gasteiger partial charge in [-0.2, -0.15) is 4.68 Å². The Balaban J connectivity index is 1.18. The molecule has 0 amide bonds. The molecule has 0 saturated carbocycles. The van der Waals surface area contributed by atoms with Gasteiger partial charge in [0.05, 0.1) is 5.69 Å². The van der Waals surface area contributed by atoms with Crippen LogP contribution in [0.5, 0.6) is 17.6 Å². The van der Waals surface area contributed by atoms with Gasteiger partial charge in [0, 0.05) is 25.7 Å². The Labute approximate surface area is 193 Å². The van der Waals surface area contributed by atoms with E-state index in [1.54, 1.807) is 24.3 Å². The van der Waals surface area contributed by atoms with E-state index in [2.05, 4.69) is 34.3 Å². The minimum atomic E-state index is -0.938. The number of fused-ring (bicyclic) bond motifs is 1. The second-order valence-corrected chi connectivity index (χ2v) is 7.86. The molecule has 34 heavy (non-hydrogen) atoms. The monoisotopic (exact) mass is 465 g/mol. The average molecular weight is 465 g/mol. The van der Waals surface area contributed by atoms with E-state index in [0.29, 0.717) is 24.1 Å². The van der Waals surface area contributed by atoms with Crippen LogP contribution in [-0.4, -0.2) is 34.4 Å². The van der Waals surface area contributed by atoms with Gasteiger partial charge in [-0.15, -0.1) is 0 Å². The predicted octanol–water partition coefficient (Wildman–Crippen LogP) is 4.33. The lowest BCUT2D eigenvalue weighted by Crippen LogP contribution is -2.33. The van der Waals surface area contributed by atoms with Crippen LogP contribution < -0.4 is 15.2 Å². The average Bonchev–Trinajstić information content (AvgIpc) is 3.21. The molecule has 0 atom stereocenters. The van der Waals surface area contributed by atoms with Gasteiger partial charge in [0.1, 0.15) is 18.2 Å². The summed E-state index contributed by atoms with van der Waals surface area (Å²) in [5.41, 5.74) is 3.19. The van der Waals surface area contributed by atoms with Gasteiger partial charge in [-0.1, -0.05) is 29.4 Å². The van der Waals surface area contributed by atoms with Crippen LogP contribution >= 0.6 is 0 Å². The van der Waals surface area contributed by atoms with E-state index in [1.165, 1.54) is 11.1 Å². The highest BCUT2D eigenvalue weighted by Gasteiger charge is 2.16. The minimum absolute atomic E-state index is 0.309. The SMILES string of the molecule is O=c1oc(Oc2ccc(F)cc2F)nn1-c1ccc(OCCN2CCc3ccccc3C2)cc1. The second kappa shape index (κ2) is 9.48. The van der Waals surface area contributed by atoms with E-state index < -0.39 is 23.5 Å². The summed E-state index contributed by atoms with van der Waals surface area (Å²) in [6, 6.07) is 18.0. The summed E-state index contributed by atoms with van der Waals surface area (Å²) in [6.45, 7) is 3.26. The first-order chi connectivity index (χ1) is 16.5. The first kappa shape index (κ1) is 21.8. The quantitative estimate of drug-likeness (QED) is 0.405. The number of rotatable bonds is 7. The van der Waals surface area contributed by atoms with Crippen molar-refractivity contribution in [3.8, 4) is 23.3 Å². The standard InChI is InChI=1S/C25H21F2N3O4/c26-19-5-10-23(22(27)15-19)33-24-28-30(25(31)34-24)20-6-8-21(9-7-20)32-14-13-29-12-11-17-3-1-2-4-18(17)16-29/h1-10,15H,11-14,16H2. The van der Waals surface area contributed by atoms with Crippen molar-refractivity contribution in [2.75, 3.05) is 19.7 Å². The van der Waals surface area contributed by atoms with Crippen LogP contribution in [0.25, 0.3) is 5.69 Å². The molecule has 1 aliphatic heterocycles. The van der Waals surface area contributed by atoms with Crippen LogP contribution in [0.3, 0.4) is 0 Å². The van der Waals surface area contributed by atoms with Gasteiger partial charge in [0.2, 0.25) is 0 Å². The summed E-state index contributed by atoms with van der Waals surface area (Å²) in [5, 5.41) is 3.92. The third-order valence-electron chi connectivity index (χ3n) is 5.59. The van der Waals surface area contributed by atoms with Gasteiger partial charge < -0.3 is 13.9 Å². The lowest BCUT2D eigenvalue weighted by atomic mass is 10.0. The number of benzene rings is 3. The highest BCUT2D eigenvalue weighted by atomic mass is 19.1. The van der Waals surface area contributed by atoms with Gasteiger partial charge in [-0.25, -0.2) is 13.6 Å². The molecule has 1 aliphatic rings. The molecule has 0 N–H and O–H groups in total. The van der Waals surface area contributed by atoms with Crippen molar-refractivity contribution in [2.45, 2.75) is 13.0 Å². The van der Waals surface area contributed by atoms with Crippen LogP contribution in [0, 0.1) is 11.6 Å². The van der Waals surface area contributed by atoms with E-state index in [4.69, 9.17) is 13.9 Å². The maximum atomic E-state index is 13.8. The molecule has 0 saturated heterocycles. The van der Waals surface area contributed by atoms with Crippen molar-refractivity contribution in [1.82, 2.24) is 14.7 Å². The van der Waals surface area contributed by atoms with Crippen molar-refractivity contribution < 1.29 is 22.7 Å². The molecular formula is C25H21F2N3O4. The molecule has 1 aromatic heterocycles. The fourth-order valence-electron chi connectivity index (χ4n) is 3.84. The van der Waals surface area contributed by atoms with Crippen molar-refractivity contribution in [3.05, 3.63) is 100 Å². The van der Waals surface area contributed by atoms with Gasteiger partial charge in [-0.3, -0.25) is 4.90 Å². The van der Waals surface area contributed by atoms with Crippen LogP contribution in [0.4, 0.5) is 8.78 Å². The fourth-order valence-corrected chi connectivity index (χ4v) is 3.84. The summed E-state index contributed by atoms with van der Waals surface area (Å²) in [5.74, 6) is -2.15. The number of hydrogen-bond donors (Lipinski definition) is 0. The third kappa shape index (κ3) is 4.84. The number of aromatic nitrogens is 2. The van der Waals surface area contributed by atoms with Crippen molar-refractivity contribution in [3.63, 3.8) is 0 Å². The summed E-state index contributed by atoms with van der Waals surface area (Å²) in [6.07, 6.45) is 0.579. The number of nitrogens with zero attached hydrogens (tertiary/aromatic N) is 3. The van der Waals surface area contributed by atoms with Gasteiger partial charge in [-0.05, 0) is 53.9 Å². The Morgan fingerprint density at radius 2 is 1.79 bits per heavy atom. The Bertz CT molecular complexity index is 1350. The fraction of sp³-hybridized carbons (Fsp3) is 0.200. The molecule has 9 heteroatoms. The molecule has 7 nitrogen and oxygen atoms in total. The first-order valence-electron chi connectivity index (χ1n) is 10.8. The first-order valence-corrected chi connectivity index (χ1v) is 10.8. The van der Waals surface area contributed by atoms with Crippen LogP contribution in [-0.2, 0) is 13.0 Å². The largest absolute Gasteiger partial charge is 0.492 e. The van der Waals surface area contributed by atoms with Crippen LogP contribution in [0.15, 0.2) is 75.9 Å². The van der Waals surface area contributed by atoms with Gasteiger partial charge in [0.25, 0.3) is 0 Å². The van der Waals surface area contributed by atoms with Gasteiger partial charge in [0.15, 0.2) is 11.6 Å². The molecule has 174 valence electrons. The third-order valence-corrected chi connectivity index (χ3v) is 5.59. The summed E-state index contributed by atoms with van der Waals surface area (Å²) >= 11 is 0. The topological polar surface area (TPSA) is 69.7 Å². The maximum absolute atomic E-state index is 13.8. The molecule has 3 aromatic carbocycles. The van der Waals surface area contributed by atoms with E-state index in [9.17, 15) is 13.6 Å². The highest BCUT2D eigenvalue weighted by molar-refractivity contribution is 5.36. The van der Waals surface area contributed by atoms with Crippen LogP contribution in [0.1, 0.15) is 11.1 Å². The Hall–Kier alpha value is -3.98. The molecule has 4 aromatic rings. The highest BCUT2D eigenvalue weighted by Crippen LogP contribution is 2.24. The van der Waals surface area contributed by atoms with Crippen LogP contribution in [0.2, 0.25) is 0 Å². The summed E-state index contributed by atoms with van der Waals surface area (Å²) in [7, 11) is 0. The van der Waals surface area contributed by atoms with E-state index in [-0.39, 0.29) is 5.75 Å². The Morgan fingerprint density at radius 3 is 2.59 bits per heavy atom. The smallest absolute Gasteiger partial charge is 0.444 e. The zero-order chi connectivity index (χ0) is 23.5. The van der Waals surface area contributed by atoms with Crippen molar-refractivity contribution in [2.24, 2.45) is 0 Å². The normalized spacial score (nSPS) is 13.5. The predicted molar refractivity (Wildman–Crippen MR) is 119 cm³/mol. The number of hydrogen-bond acceptors (Lipinski definition) is 6. The minimum Gasteiger partial charge on any atom is -0.492 e. The Kier molecular flexibility index (Phi) is 6.09. The number of halogens is 2. The zero-order valence-corrected chi connectivity index (χ0v) is 18.1. The molecule has 0 spiro atoms. The summed E-state index contributed by atoms with van der Waals surface area (Å²) < 4.78 is 43.7. The lowest BCUT2D eigenvalue weighted by Gasteiger charge is -2.28. The van der Waals surface area contributed by atoms with Crippen molar-refractivity contribution in [1.29, 1.82) is 0 Å². The molecule has 0 bridgehead atoms. The number of ether oxygens (including phenoxy) is 2. The Morgan fingerprint density at radius 1 is 1.00 bits per heavy atom. The zero-order valence-electron chi connectivity index (χ0n) is 18.1. The maximum Gasteiger partial charge on any atom is 0.444 e. The summed E-state index contributed by atoms with van der Waals surface area (Å²) in [4.78, 5) is 14.5.